The van der Waals surface area contributed by atoms with E-state index in [0.717, 1.165) is 16.5 Å². The molecule has 1 aromatic heterocycles. The van der Waals surface area contributed by atoms with Gasteiger partial charge in [0.05, 0.1) is 18.2 Å². The van der Waals surface area contributed by atoms with Crippen molar-refractivity contribution in [2.45, 2.75) is 16.5 Å². The molecule has 1 aliphatic rings. The summed E-state index contributed by atoms with van der Waals surface area (Å²) in [4.78, 5) is 17.5. The van der Waals surface area contributed by atoms with Crippen LogP contribution in [-0.2, 0) is 16.6 Å². The van der Waals surface area contributed by atoms with Gasteiger partial charge in [0.2, 0.25) is 5.91 Å². The number of nitrogens with zero attached hydrogens (tertiary/aromatic N) is 2. The summed E-state index contributed by atoms with van der Waals surface area (Å²) in [5.74, 6) is -0.119. The zero-order valence-corrected chi connectivity index (χ0v) is 13.7. The Morgan fingerprint density at radius 3 is 3.09 bits per heavy atom. The highest BCUT2D eigenvalue weighted by Crippen LogP contribution is 2.34. The minimum atomic E-state index is -0.0926. The molecule has 1 unspecified atom stereocenters. The molecule has 0 bridgehead atoms. The second kappa shape index (κ2) is 6.73. The van der Waals surface area contributed by atoms with Crippen molar-refractivity contribution in [3.8, 4) is 0 Å². The minimum absolute atomic E-state index is 0.0264. The van der Waals surface area contributed by atoms with Crippen LogP contribution in [-0.4, -0.2) is 28.7 Å². The molecule has 116 valence electrons. The van der Waals surface area contributed by atoms with Crippen LogP contribution >= 0.6 is 23.4 Å². The Morgan fingerprint density at radius 2 is 2.41 bits per heavy atom. The zero-order chi connectivity index (χ0) is 15.5. The summed E-state index contributed by atoms with van der Waals surface area (Å²) in [5, 5.41) is 4.40. The highest BCUT2D eigenvalue weighted by Gasteiger charge is 2.24. The Hall–Kier alpha value is -1.50. The van der Waals surface area contributed by atoms with Gasteiger partial charge in [-0.1, -0.05) is 11.6 Å². The number of aryl methyl sites for hydroxylation is 1. The molecule has 1 aliphatic heterocycles. The Kier molecular flexibility index (Phi) is 4.71. The van der Waals surface area contributed by atoms with Gasteiger partial charge in [-0.15, -0.1) is 0 Å². The predicted molar refractivity (Wildman–Crippen MR) is 86.3 cm³/mol. The Morgan fingerprint density at radius 1 is 1.55 bits per heavy atom. The van der Waals surface area contributed by atoms with Crippen LogP contribution < -0.4 is 5.32 Å². The molecule has 22 heavy (non-hydrogen) atoms. The Labute approximate surface area is 138 Å². The fourth-order valence-electron chi connectivity index (χ4n) is 2.21. The standard InChI is InChI=1S/C15H16ClN3O2S/c1-19-6-5-17-15(19)22-13-3-2-11(16)8-12(13)18-14(20)10-4-7-21-9-10/h2-3,5-6,8,10H,4,7,9H2,1H3,(H,18,20). The lowest BCUT2D eigenvalue weighted by atomic mass is 10.1. The molecule has 2 heterocycles. The molecule has 1 amide bonds. The van der Waals surface area contributed by atoms with E-state index < -0.39 is 0 Å². The van der Waals surface area contributed by atoms with Crippen LogP contribution in [0.1, 0.15) is 6.42 Å². The van der Waals surface area contributed by atoms with Gasteiger partial charge in [0.1, 0.15) is 0 Å². The molecule has 0 spiro atoms. The first-order valence-electron chi connectivity index (χ1n) is 6.97. The average Bonchev–Trinajstić information content (AvgIpc) is 3.14. The topological polar surface area (TPSA) is 56.2 Å². The summed E-state index contributed by atoms with van der Waals surface area (Å²) < 4.78 is 7.19. The Bertz CT molecular complexity index is 683. The number of ether oxygens (including phenoxy) is 1. The smallest absolute Gasteiger partial charge is 0.229 e. The van der Waals surface area contributed by atoms with Gasteiger partial charge < -0.3 is 14.6 Å². The molecule has 0 aliphatic carbocycles. The van der Waals surface area contributed by atoms with E-state index in [1.165, 1.54) is 11.8 Å². The fourth-order valence-corrected chi connectivity index (χ4v) is 3.26. The van der Waals surface area contributed by atoms with E-state index in [9.17, 15) is 4.79 Å². The summed E-state index contributed by atoms with van der Waals surface area (Å²) in [6.45, 7) is 1.12. The number of rotatable bonds is 4. The predicted octanol–water partition coefficient (Wildman–Crippen LogP) is 3.20. The van der Waals surface area contributed by atoms with Crippen LogP contribution in [0.5, 0.6) is 0 Å². The maximum atomic E-state index is 12.3. The lowest BCUT2D eigenvalue weighted by molar-refractivity contribution is -0.119. The average molecular weight is 338 g/mol. The number of amides is 1. The van der Waals surface area contributed by atoms with Crippen molar-refractivity contribution in [1.82, 2.24) is 9.55 Å². The van der Waals surface area contributed by atoms with Gasteiger partial charge in [0.15, 0.2) is 5.16 Å². The second-order valence-electron chi connectivity index (χ2n) is 5.11. The van der Waals surface area contributed by atoms with Gasteiger partial charge in [0.25, 0.3) is 0 Å². The van der Waals surface area contributed by atoms with Gasteiger partial charge in [-0.05, 0) is 36.4 Å². The third-order valence-corrected chi connectivity index (χ3v) is 4.87. The number of carbonyl (C=O) groups is 1. The minimum Gasteiger partial charge on any atom is -0.381 e. The monoisotopic (exact) mass is 337 g/mol. The molecular formula is C15H16ClN3O2S. The molecule has 1 saturated heterocycles. The molecule has 3 rings (SSSR count). The van der Waals surface area contributed by atoms with E-state index in [1.807, 2.05) is 23.9 Å². The number of imidazole rings is 1. The van der Waals surface area contributed by atoms with Gasteiger partial charge in [0, 0.05) is 36.0 Å². The number of hydrogen-bond donors (Lipinski definition) is 1. The molecule has 0 radical (unpaired) electrons. The number of carbonyl (C=O) groups excluding carboxylic acids is 1. The first kappa shape index (κ1) is 15.4. The zero-order valence-electron chi connectivity index (χ0n) is 12.1. The van der Waals surface area contributed by atoms with Gasteiger partial charge >= 0.3 is 0 Å². The van der Waals surface area contributed by atoms with Gasteiger partial charge in [-0.3, -0.25) is 4.79 Å². The molecule has 0 saturated carbocycles. The van der Waals surface area contributed by atoms with Crippen LogP contribution in [0.25, 0.3) is 0 Å². The molecule has 1 fully saturated rings. The summed E-state index contributed by atoms with van der Waals surface area (Å²) in [7, 11) is 1.93. The van der Waals surface area contributed by atoms with Crippen molar-refractivity contribution in [2.24, 2.45) is 13.0 Å². The highest BCUT2D eigenvalue weighted by molar-refractivity contribution is 7.99. The van der Waals surface area contributed by atoms with Crippen LogP contribution in [0, 0.1) is 5.92 Å². The maximum absolute atomic E-state index is 12.3. The molecule has 5 nitrogen and oxygen atoms in total. The van der Waals surface area contributed by atoms with Gasteiger partial charge in [-0.25, -0.2) is 4.98 Å². The normalized spacial score (nSPS) is 17.6. The van der Waals surface area contributed by atoms with E-state index in [0.29, 0.717) is 23.9 Å². The third-order valence-electron chi connectivity index (χ3n) is 3.48. The first-order chi connectivity index (χ1) is 10.6. The number of aromatic nitrogens is 2. The Balaban J connectivity index is 1.81. The van der Waals surface area contributed by atoms with Crippen molar-refractivity contribution in [2.75, 3.05) is 18.5 Å². The van der Waals surface area contributed by atoms with Crippen molar-refractivity contribution in [1.29, 1.82) is 0 Å². The maximum Gasteiger partial charge on any atom is 0.229 e. The largest absolute Gasteiger partial charge is 0.381 e. The van der Waals surface area contributed by atoms with Crippen LogP contribution in [0.15, 0.2) is 40.6 Å². The number of benzene rings is 1. The van der Waals surface area contributed by atoms with E-state index >= 15 is 0 Å². The molecule has 1 N–H and O–H groups in total. The summed E-state index contributed by atoms with van der Waals surface area (Å²) >= 11 is 7.55. The summed E-state index contributed by atoms with van der Waals surface area (Å²) in [6.07, 6.45) is 4.38. The summed E-state index contributed by atoms with van der Waals surface area (Å²) in [6, 6.07) is 5.46. The molecule has 1 aromatic carbocycles. The van der Waals surface area contributed by atoms with E-state index in [2.05, 4.69) is 10.3 Å². The molecule has 7 heteroatoms. The van der Waals surface area contributed by atoms with Crippen LogP contribution in [0.2, 0.25) is 5.02 Å². The SMILES string of the molecule is Cn1ccnc1Sc1ccc(Cl)cc1NC(=O)C1CCOC1. The molecule has 1 atom stereocenters. The summed E-state index contributed by atoms with van der Waals surface area (Å²) in [5.41, 5.74) is 0.706. The molecule has 2 aromatic rings. The second-order valence-corrected chi connectivity index (χ2v) is 6.56. The van der Waals surface area contributed by atoms with E-state index in [4.69, 9.17) is 16.3 Å². The fraction of sp³-hybridized carbons (Fsp3) is 0.333. The van der Waals surface area contributed by atoms with Crippen LogP contribution in [0.4, 0.5) is 5.69 Å². The third kappa shape index (κ3) is 3.45. The van der Waals surface area contributed by atoms with Crippen molar-refractivity contribution in [3.05, 3.63) is 35.6 Å². The number of halogens is 1. The van der Waals surface area contributed by atoms with Gasteiger partial charge in [-0.2, -0.15) is 0 Å². The quantitative estimate of drug-likeness (QED) is 0.930. The highest BCUT2D eigenvalue weighted by atomic mass is 35.5. The number of hydrogen-bond acceptors (Lipinski definition) is 4. The van der Waals surface area contributed by atoms with Crippen molar-refractivity contribution >= 4 is 35.0 Å². The van der Waals surface area contributed by atoms with E-state index in [-0.39, 0.29) is 11.8 Å². The number of nitrogens with one attached hydrogen (secondary N) is 1. The van der Waals surface area contributed by atoms with Crippen molar-refractivity contribution < 1.29 is 9.53 Å². The lowest BCUT2D eigenvalue weighted by Gasteiger charge is -2.13. The van der Waals surface area contributed by atoms with Crippen molar-refractivity contribution in [3.63, 3.8) is 0 Å². The molecular weight excluding hydrogens is 322 g/mol. The number of anilines is 1. The first-order valence-corrected chi connectivity index (χ1v) is 8.16. The van der Waals surface area contributed by atoms with Crippen LogP contribution in [0.3, 0.4) is 0 Å². The lowest BCUT2D eigenvalue weighted by Crippen LogP contribution is -2.23. The van der Waals surface area contributed by atoms with E-state index in [1.54, 1.807) is 18.3 Å².